The summed E-state index contributed by atoms with van der Waals surface area (Å²) >= 11 is 0. The van der Waals surface area contributed by atoms with Crippen LogP contribution in [0.15, 0.2) is 0 Å². The zero-order valence-electron chi connectivity index (χ0n) is 15.8. The van der Waals surface area contributed by atoms with E-state index in [0.717, 1.165) is 12.2 Å². The number of nitrogens with one attached hydrogen (secondary N) is 1. The lowest BCUT2D eigenvalue weighted by atomic mass is 9.90. The molecule has 0 bridgehead atoms. The van der Waals surface area contributed by atoms with E-state index in [1.807, 2.05) is 0 Å². The quantitative estimate of drug-likeness (QED) is 0.400. The average molecular weight is 527 g/mol. The molecule has 0 aromatic carbocycles. The highest BCUT2D eigenvalue weighted by Crippen LogP contribution is 2.62. The van der Waals surface area contributed by atoms with Crippen LogP contribution < -0.4 is 5.32 Å². The first-order chi connectivity index (χ1) is 14.1. The fourth-order valence-electron chi connectivity index (χ4n) is 1.91. The molecule has 33 heavy (non-hydrogen) atoms. The Hall–Kier alpha value is -2.11. The molecule has 0 fully saturated rings. The van der Waals surface area contributed by atoms with Crippen LogP contribution in [0.4, 0.5) is 65.9 Å². The lowest BCUT2D eigenvalue weighted by Crippen LogP contribution is -2.73. The van der Waals surface area contributed by atoms with E-state index in [2.05, 4.69) is 0 Å². The van der Waals surface area contributed by atoms with E-state index in [1.54, 1.807) is 0 Å². The van der Waals surface area contributed by atoms with E-state index < -0.39 is 72.0 Å². The number of alkyl halides is 15. The van der Waals surface area contributed by atoms with Gasteiger partial charge in [0, 0.05) is 5.92 Å². The van der Waals surface area contributed by atoms with Crippen LogP contribution in [0.3, 0.4) is 0 Å². The molecular weight excluding hydrogens is 515 g/mol. The van der Waals surface area contributed by atoms with Crippen molar-refractivity contribution in [2.75, 3.05) is 6.54 Å². The number of carbonyl (C=O) groups is 2. The van der Waals surface area contributed by atoms with Gasteiger partial charge in [-0.2, -0.15) is 65.9 Å². The van der Waals surface area contributed by atoms with Crippen LogP contribution in [0.5, 0.6) is 0 Å². The Morgan fingerprint density at radius 2 is 0.970 bits per heavy atom. The van der Waals surface area contributed by atoms with Crippen molar-refractivity contribution in [2.24, 2.45) is 11.8 Å². The van der Waals surface area contributed by atoms with Crippen LogP contribution in [0.25, 0.3) is 0 Å². The van der Waals surface area contributed by atoms with Crippen molar-refractivity contribution in [3.8, 4) is 0 Å². The summed E-state index contributed by atoms with van der Waals surface area (Å²) in [5.74, 6) is -54.6. The summed E-state index contributed by atoms with van der Waals surface area (Å²) in [4.78, 5) is 22.1. The van der Waals surface area contributed by atoms with Crippen molar-refractivity contribution in [3.05, 3.63) is 0 Å². The van der Waals surface area contributed by atoms with Crippen LogP contribution in [0.1, 0.15) is 13.8 Å². The standard InChI is InChI=1S/C14H12F15NO3/c1-4(5(2)7(32)33)6(31)30-3-8(15,16)9(17,18)10(19,20)11(21,22)12(23,24)13(25,26)14(27,28)29/h4-5H,3H2,1-2H3,(H,30,31)(H,32,33)/t4-,5-/m1/s1. The third-order valence-corrected chi connectivity index (χ3v) is 4.43. The molecule has 2 atom stereocenters. The van der Waals surface area contributed by atoms with Gasteiger partial charge in [-0.05, 0) is 0 Å². The first-order valence-corrected chi connectivity index (χ1v) is 7.99. The van der Waals surface area contributed by atoms with Gasteiger partial charge in [0.15, 0.2) is 0 Å². The van der Waals surface area contributed by atoms with Gasteiger partial charge in [0.1, 0.15) is 0 Å². The number of hydrogen-bond acceptors (Lipinski definition) is 2. The van der Waals surface area contributed by atoms with Crippen molar-refractivity contribution in [1.29, 1.82) is 0 Å². The lowest BCUT2D eigenvalue weighted by Gasteiger charge is -2.41. The Morgan fingerprint density at radius 3 is 1.30 bits per heavy atom. The summed E-state index contributed by atoms with van der Waals surface area (Å²) in [7, 11) is 0. The lowest BCUT2D eigenvalue weighted by molar-refractivity contribution is -0.451. The Bertz CT molecular complexity index is 747. The summed E-state index contributed by atoms with van der Waals surface area (Å²) in [6, 6.07) is 0. The molecule has 0 aliphatic heterocycles. The van der Waals surface area contributed by atoms with Crippen LogP contribution >= 0.6 is 0 Å². The summed E-state index contributed by atoms with van der Waals surface area (Å²) in [6.07, 6.45) is -7.70. The minimum atomic E-state index is -8.42. The van der Waals surface area contributed by atoms with Gasteiger partial charge >= 0.3 is 47.7 Å². The first kappa shape index (κ1) is 30.9. The summed E-state index contributed by atoms with van der Waals surface area (Å²) < 4.78 is 195. The molecule has 1 amide bonds. The topological polar surface area (TPSA) is 66.4 Å². The summed E-state index contributed by atoms with van der Waals surface area (Å²) in [6.45, 7) is -1.56. The Labute approximate surface area is 173 Å². The van der Waals surface area contributed by atoms with Gasteiger partial charge in [0.2, 0.25) is 5.91 Å². The molecule has 0 unspecified atom stereocenters. The fraction of sp³-hybridized carbons (Fsp3) is 0.857. The van der Waals surface area contributed by atoms with E-state index in [0.29, 0.717) is 6.92 Å². The fourth-order valence-corrected chi connectivity index (χ4v) is 1.91. The second-order valence-corrected chi connectivity index (χ2v) is 6.71. The molecule has 0 spiro atoms. The molecule has 0 aliphatic rings. The monoisotopic (exact) mass is 527 g/mol. The maximum absolute atomic E-state index is 13.6. The predicted molar refractivity (Wildman–Crippen MR) is 74.7 cm³/mol. The molecule has 0 aromatic rings. The number of amides is 1. The zero-order valence-corrected chi connectivity index (χ0v) is 15.8. The van der Waals surface area contributed by atoms with Crippen LogP contribution in [0.2, 0.25) is 0 Å². The highest BCUT2D eigenvalue weighted by molar-refractivity contribution is 5.84. The van der Waals surface area contributed by atoms with Gasteiger partial charge in [-0.1, -0.05) is 13.8 Å². The molecule has 0 heterocycles. The van der Waals surface area contributed by atoms with Crippen LogP contribution in [-0.4, -0.2) is 65.2 Å². The van der Waals surface area contributed by atoms with Gasteiger partial charge in [-0.15, -0.1) is 0 Å². The van der Waals surface area contributed by atoms with Gasteiger partial charge in [-0.3, -0.25) is 9.59 Å². The van der Waals surface area contributed by atoms with Crippen molar-refractivity contribution in [3.63, 3.8) is 0 Å². The number of halogens is 15. The van der Waals surface area contributed by atoms with Gasteiger partial charge in [0.05, 0.1) is 12.5 Å². The third kappa shape index (κ3) is 4.76. The Kier molecular flexibility index (Phi) is 8.04. The second-order valence-electron chi connectivity index (χ2n) is 6.71. The van der Waals surface area contributed by atoms with Gasteiger partial charge in [-0.25, -0.2) is 0 Å². The predicted octanol–water partition coefficient (Wildman–Crippen LogP) is 4.83. The molecule has 196 valence electrons. The van der Waals surface area contributed by atoms with E-state index in [1.165, 1.54) is 0 Å². The molecule has 0 saturated heterocycles. The molecule has 2 N–H and O–H groups in total. The van der Waals surface area contributed by atoms with Crippen molar-refractivity contribution in [1.82, 2.24) is 5.32 Å². The maximum atomic E-state index is 13.6. The van der Waals surface area contributed by atoms with E-state index in [4.69, 9.17) is 5.11 Å². The number of hydrogen-bond donors (Lipinski definition) is 2. The number of rotatable bonds is 10. The number of carboxylic acid groups (broad SMARTS) is 1. The molecule has 0 rings (SSSR count). The van der Waals surface area contributed by atoms with Crippen molar-refractivity contribution < 1.29 is 80.6 Å². The van der Waals surface area contributed by atoms with Crippen LogP contribution in [-0.2, 0) is 9.59 Å². The Balaban J connectivity index is 6.14. The molecule has 19 heteroatoms. The summed E-state index contributed by atoms with van der Waals surface area (Å²) in [5.41, 5.74) is 0. The molecule has 0 saturated carbocycles. The molecule has 0 aromatic heterocycles. The van der Waals surface area contributed by atoms with E-state index in [9.17, 15) is 75.4 Å². The largest absolute Gasteiger partial charge is 0.481 e. The smallest absolute Gasteiger partial charge is 0.460 e. The van der Waals surface area contributed by atoms with Gasteiger partial charge in [0.25, 0.3) is 0 Å². The normalized spacial score (nSPS) is 16.9. The highest BCUT2D eigenvalue weighted by atomic mass is 19.4. The molecule has 0 radical (unpaired) electrons. The molecular formula is C14H12F15NO3. The minimum absolute atomic E-state index is 0.701. The maximum Gasteiger partial charge on any atom is 0.460 e. The average Bonchev–Trinajstić information content (AvgIpc) is 2.62. The third-order valence-electron chi connectivity index (χ3n) is 4.43. The molecule has 0 aliphatic carbocycles. The van der Waals surface area contributed by atoms with Crippen LogP contribution in [0, 0.1) is 11.8 Å². The van der Waals surface area contributed by atoms with Crippen molar-refractivity contribution in [2.45, 2.75) is 55.6 Å². The zero-order chi connectivity index (χ0) is 27.2. The second kappa shape index (κ2) is 8.59. The van der Waals surface area contributed by atoms with E-state index in [-0.39, 0.29) is 0 Å². The molecule has 4 nitrogen and oxygen atoms in total. The SMILES string of the molecule is C[C@@H](C(=O)O)[C@@H](C)C(=O)NCC(F)(F)C(F)(F)C(F)(F)C(F)(F)C(F)(F)C(F)(F)C(F)(F)F. The number of carboxylic acids is 1. The number of carbonyl (C=O) groups excluding carboxylic acids is 1. The van der Waals surface area contributed by atoms with Crippen molar-refractivity contribution >= 4 is 11.9 Å². The number of aliphatic carboxylic acids is 1. The Morgan fingerprint density at radius 1 is 0.636 bits per heavy atom. The minimum Gasteiger partial charge on any atom is -0.481 e. The summed E-state index contributed by atoms with van der Waals surface area (Å²) in [5, 5.41) is 9.37. The first-order valence-electron chi connectivity index (χ1n) is 7.99. The highest BCUT2D eigenvalue weighted by Gasteiger charge is 2.93. The van der Waals surface area contributed by atoms with E-state index >= 15 is 0 Å². The van der Waals surface area contributed by atoms with Gasteiger partial charge < -0.3 is 10.4 Å².